The van der Waals surface area contributed by atoms with E-state index >= 15 is 0 Å². The van der Waals surface area contributed by atoms with E-state index in [-0.39, 0.29) is 18.0 Å². The highest BCUT2D eigenvalue weighted by molar-refractivity contribution is 5.89. The molecule has 8 N–H and O–H groups in total. The van der Waals surface area contributed by atoms with Crippen molar-refractivity contribution in [1.82, 2.24) is 42.5 Å². The molecule has 106 heavy (non-hydrogen) atoms. The molecule has 0 unspecified atom stereocenters. The Hall–Kier alpha value is -4.93. The number of alkyl carbamates (subject to hydrolysis) is 1. The number of amides is 4. The second-order valence-corrected chi connectivity index (χ2v) is 15.6. The predicted octanol–water partition coefficient (Wildman–Crippen LogP) is 27.4. The highest BCUT2D eigenvalue weighted by Gasteiger charge is 2.07. The SMILES string of the molecule is C1=CCNC1.C1=CCNCC1.C1=CCOCC1.C1CCCNCC1.C1CCCOCC1.C=C1C=CCCN1.C=C1C=CCCO1.C=C1CCNC(=O)N1.CC.CC.CC.CC.CC.CC.CC.CC.CC.CC.CC.CC.CC.CC.CC.CC.CC.CC.CC.CC.O=C1C=CCN1.O=C1NCCCO1. The van der Waals surface area contributed by atoms with Gasteiger partial charge in [0, 0.05) is 82.9 Å². The molecule has 10 aliphatic rings. The van der Waals surface area contributed by atoms with Crippen LogP contribution in [0.3, 0.4) is 0 Å². The Bertz CT molecular complexity index is 1350. The lowest BCUT2D eigenvalue weighted by atomic mass is 10.2. The van der Waals surface area contributed by atoms with Crippen molar-refractivity contribution in [2.75, 3.05) is 105 Å². The normalized spacial score (nSPS) is 14.1. The minimum Gasteiger partial charge on any atom is -0.494 e. The molecular weight excluding hydrogens is 1320 g/mol. The van der Waals surface area contributed by atoms with Crippen LogP contribution < -0.4 is 42.5 Å². The number of nitrogens with one attached hydrogen (secondary N) is 8. The van der Waals surface area contributed by atoms with Gasteiger partial charge < -0.3 is 61.5 Å². The Morgan fingerprint density at radius 3 is 0.915 bits per heavy atom. The van der Waals surface area contributed by atoms with Gasteiger partial charge in [-0.15, -0.1) is 0 Å². The second kappa shape index (κ2) is 218. The Kier molecular flexibility index (Phi) is 317. The zero-order chi connectivity index (χ0) is 87.6. The quantitative estimate of drug-likeness (QED) is 0.108. The molecule has 0 aliphatic carbocycles. The van der Waals surface area contributed by atoms with E-state index in [0.717, 1.165) is 122 Å². The van der Waals surface area contributed by atoms with Gasteiger partial charge in [-0.1, -0.05) is 377 Å². The Morgan fingerprint density at radius 1 is 0.292 bits per heavy atom. The average Bonchev–Trinajstić information content (AvgIpc) is 1.36. The first-order chi connectivity index (χ1) is 52.4. The molecule has 0 aromatic rings. The van der Waals surface area contributed by atoms with Crippen LogP contribution in [0.15, 0.2) is 110 Å². The van der Waals surface area contributed by atoms with Gasteiger partial charge in [0.2, 0.25) is 5.91 Å². The van der Waals surface area contributed by atoms with Crippen LogP contribution in [0.25, 0.3) is 0 Å². The van der Waals surface area contributed by atoms with E-state index in [4.69, 9.17) is 14.2 Å². The summed E-state index contributed by atoms with van der Waals surface area (Å²) < 4.78 is 19.7. The molecule has 0 spiro atoms. The van der Waals surface area contributed by atoms with Crippen LogP contribution in [-0.4, -0.2) is 123 Å². The van der Waals surface area contributed by atoms with E-state index in [0.29, 0.717) is 19.7 Å². The lowest BCUT2D eigenvalue weighted by Gasteiger charge is -2.14. The molecule has 10 aliphatic heterocycles. The number of ether oxygens (including phenoxy) is 4. The van der Waals surface area contributed by atoms with Crippen LogP contribution in [0.1, 0.15) is 367 Å². The molecule has 0 bridgehead atoms. The zero-order valence-electron chi connectivity index (χ0n) is 80.1. The number of hydrogen-bond donors (Lipinski definition) is 8. The summed E-state index contributed by atoms with van der Waals surface area (Å²) in [5.41, 5.74) is 1.83. The molecule has 15 heteroatoms. The number of urea groups is 1. The number of allylic oxidation sites excluding steroid dienone is 2. The molecule has 0 radical (unpaired) electrons. The van der Waals surface area contributed by atoms with Crippen molar-refractivity contribution in [2.24, 2.45) is 0 Å². The fourth-order valence-electron chi connectivity index (χ4n) is 5.90. The maximum Gasteiger partial charge on any atom is 0.407 e. The van der Waals surface area contributed by atoms with Crippen LogP contribution in [-0.2, 0) is 23.7 Å². The van der Waals surface area contributed by atoms with Gasteiger partial charge in [-0.2, -0.15) is 0 Å². The topological polar surface area (TPSA) is 184 Å². The van der Waals surface area contributed by atoms with Gasteiger partial charge in [-0.05, 0) is 89.6 Å². The third-order valence-corrected chi connectivity index (χ3v) is 9.55. The van der Waals surface area contributed by atoms with Crippen molar-refractivity contribution in [1.29, 1.82) is 0 Å². The average molecular weight is 1520 g/mol. The van der Waals surface area contributed by atoms with Gasteiger partial charge in [0.15, 0.2) is 0 Å². The summed E-state index contributed by atoms with van der Waals surface area (Å²) in [5.74, 6) is 0.807. The van der Waals surface area contributed by atoms with Crippen LogP contribution in [0.5, 0.6) is 0 Å². The molecule has 652 valence electrons. The van der Waals surface area contributed by atoms with E-state index in [9.17, 15) is 14.4 Å². The molecule has 10 rings (SSSR count). The standard InChI is InChI=1S/C6H9N.C6H13N.C6H8O.C6H12O.C5H8N2O.C5H9N.C5H8O.C4H7NO2.C4H5NO.C4H7N.20C2H6/c1-6-4-2-3-5-7-6;1-2-4-6-7-5-3-1;1-6-4-2-3-5-7-6;1-2-4-6-7-5-3-1;1-4-2-3-6-5(8)7-4;2*1-2-4-6-5-3-1;6-4-5-2-1-3-7-4;6-4-2-1-3-5-4;1-2-4-5-3-1;20*1-2/h2,4,7H,1,3,5H2;7H,1-6H2;2,4H,1,3,5H2;1-6H2;1-3H2,(H2,6,7,8);1-2,6H,3-5H2;1-2H,3-5H2;1-3H2,(H,5,6);1-2H,3H2,(H,5,6);1-2,5H,3-4H2;20*1-2H3. The molecule has 0 aromatic carbocycles. The number of rotatable bonds is 0. The van der Waals surface area contributed by atoms with Crippen molar-refractivity contribution in [3.8, 4) is 0 Å². The van der Waals surface area contributed by atoms with Crippen LogP contribution in [0.4, 0.5) is 9.59 Å². The van der Waals surface area contributed by atoms with Crippen molar-refractivity contribution >= 4 is 18.0 Å². The van der Waals surface area contributed by atoms with Gasteiger partial charge in [-0.25, -0.2) is 9.59 Å². The van der Waals surface area contributed by atoms with Crippen LogP contribution in [0.2, 0.25) is 0 Å². The maximum absolute atomic E-state index is 10.4. The largest absolute Gasteiger partial charge is 0.494 e. The summed E-state index contributed by atoms with van der Waals surface area (Å²) in [5, 5.41) is 23.0. The summed E-state index contributed by atoms with van der Waals surface area (Å²) in [6.45, 7) is 106. The molecule has 4 saturated heterocycles. The Labute approximate surface area is 672 Å². The lowest BCUT2D eigenvalue weighted by Crippen LogP contribution is -2.40. The molecule has 4 amide bonds. The van der Waals surface area contributed by atoms with Crippen LogP contribution >= 0.6 is 0 Å². The Morgan fingerprint density at radius 2 is 0.717 bits per heavy atom. The number of cyclic esters (lactones) is 1. The van der Waals surface area contributed by atoms with Gasteiger partial charge in [0.25, 0.3) is 0 Å². The minimum atomic E-state index is -0.286. The molecule has 15 nitrogen and oxygen atoms in total. The number of hydrogen-bond acceptors (Lipinski definition) is 11. The summed E-state index contributed by atoms with van der Waals surface area (Å²) in [7, 11) is 0. The highest BCUT2D eigenvalue weighted by atomic mass is 16.5. The molecular formula is C91H206N8O7. The first-order valence-corrected chi connectivity index (χ1v) is 44.2. The van der Waals surface area contributed by atoms with E-state index in [1.54, 1.807) is 6.08 Å². The van der Waals surface area contributed by atoms with Crippen molar-refractivity contribution in [2.45, 2.75) is 367 Å². The summed E-state index contributed by atoms with van der Waals surface area (Å²) in [6, 6.07) is -0.138. The number of carbonyl (C=O) groups is 3. The molecule has 10 heterocycles. The predicted molar refractivity (Wildman–Crippen MR) is 497 cm³/mol. The fourth-order valence-corrected chi connectivity index (χ4v) is 5.90. The summed E-state index contributed by atoms with van der Waals surface area (Å²) in [4.78, 5) is 30.6. The lowest BCUT2D eigenvalue weighted by molar-refractivity contribution is -0.115. The molecule has 0 aromatic heterocycles. The van der Waals surface area contributed by atoms with E-state index < -0.39 is 0 Å². The molecule has 0 saturated carbocycles. The molecule has 4 fully saturated rings. The van der Waals surface area contributed by atoms with E-state index in [2.05, 4.69) is 110 Å². The third-order valence-electron chi connectivity index (χ3n) is 9.55. The zero-order valence-corrected chi connectivity index (χ0v) is 80.1. The summed E-state index contributed by atoms with van der Waals surface area (Å²) in [6.07, 6.45) is 41.1. The second-order valence-electron chi connectivity index (χ2n) is 15.6. The van der Waals surface area contributed by atoms with Gasteiger partial charge >= 0.3 is 12.1 Å². The smallest absolute Gasteiger partial charge is 0.407 e. The van der Waals surface area contributed by atoms with E-state index in [1.165, 1.54) is 77.0 Å². The van der Waals surface area contributed by atoms with Gasteiger partial charge in [0.05, 0.1) is 26.4 Å². The van der Waals surface area contributed by atoms with Crippen molar-refractivity contribution in [3.05, 3.63) is 110 Å². The third kappa shape index (κ3) is 212. The first kappa shape index (κ1) is 154. The minimum absolute atomic E-state index is 0.0231. The van der Waals surface area contributed by atoms with Gasteiger partial charge in [-0.3, -0.25) is 4.79 Å². The van der Waals surface area contributed by atoms with Crippen LogP contribution in [0, 0.1) is 0 Å². The monoisotopic (exact) mass is 1520 g/mol. The number of carbonyl (C=O) groups excluding carboxylic acids is 3. The highest BCUT2D eigenvalue weighted by Crippen LogP contribution is 2.05. The molecule has 0 atom stereocenters. The first-order valence-electron chi connectivity index (χ1n) is 44.2. The van der Waals surface area contributed by atoms with E-state index in [1.807, 2.05) is 295 Å². The fraction of sp³-hybridized carbons (Fsp3) is 0.769. The van der Waals surface area contributed by atoms with Crippen molar-refractivity contribution in [3.63, 3.8) is 0 Å². The van der Waals surface area contributed by atoms with Gasteiger partial charge in [0.1, 0.15) is 5.76 Å². The Balaban J connectivity index is -0.0000000409. The van der Waals surface area contributed by atoms with Crippen molar-refractivity contribution < 1.29 is 33.3 Å². The maximum atomic E-state index is 10.4. The summed E-state index contributed by atoms with van der Waals surface area (Å²) >= 11 is 0.